The second-order valence-electron chi connectivity index (χ2n) is 8.61. The molecule has 35 heavy (non-hydrogen) atoms. The number of aromatic hydroxyl groups is 1. The maximum atomic E-state index is 11.5. The van der Waals surface area contributed by atoms with Crippen LogP contribution in [0.4, 0.5) is 11.6 Å². The summed E-state index contributed by atoms with van der Waals surface area (Å²) < 4.78 is 1.69. The minimum atomic E-state index is -0.492. The van der Waals surface area contributed by atoms with Gasteiger partial charge in [0.25, 0.3) is 0 Å². The van der Waals surface area contributed by atoms with Crippen LogP contribution in [0.25, 0.3) is 11.7 Å². The maximum absolute atomic E-state index is 11.5. The highest BCUT2D eigenvalue weighted by molar-refractivity contribution is 5.59. The Morgan fingerprint density at radius 2 is 2.00 bits per heavy atom. The smallest absolute Gasteiger partial charge is 0.326 e. The molecule has 12 heteroatoms. The molecular weight excluding hydrogens is 448 g/mol. The number of piperazine rings is 1. The molecule has 1 aliphatic carbocycles. The fourth-order valence-corrected chi connectivity index (χ4v) is 4.23. The Balaban J connectivity index is 1.37. The van der Waals surface area contributed by atoms with E-state index in [0.717, 1.165) is 24.1 Å². The van der Waals surface area contributed by atoms with E-state index >= 15 is 0 Å². The number of nitrogens with zero attached hydrogens (tertiary/aromatic N) is 8. The minimum absolute atomic E-state index is 0.240. The van der Waals surface area contributed by atoms with Gasteiger partial charge in [0.05, 0.1) is 17.8 Å². The van der Waals surface area contributed by atoms with E-state index in [0.29, 0.717) is 54.5 Å². The lowest BCUT2D eigenvalue weighted by molar-refractivity contribution is 0.454. The van der Waals surface area contributed by atoms with Gasteiger partial charge in [-0.15, -0.1) is 0 Å². The molecule has 0 aromatic carbocycles. The average molecular weight is 470 g/mol. The number of hydrogen-bond donors (Lipinski definition) is 3. The van der Waals surface area contributed by atoms with Gasteiger partial charge in [0.15, 0.2) is 11.1 Å². The van der Waals surface area contributed by atoms with Crippen LogP contribution >= 0.6 is 0 Å². The highest BCUT2D eigenvalue weighted by atomic mass is 16.3. The number of fused-ring (bicyclic) bond motifs is 1. The predicted octanol–water partition coefficient (Wildman–Crippen LogP) is -0.345. The number of pyridine rings is 1. The van der Waals surface area contributed by atoms with Crippen LogP contribution in [0.2, 0.25) is 0 Å². The van der Waals surface area contributed by atoms with Gasteiger partial charge in [-0.1, -0.05) is 0 Å². The molecule has 1 saturated heterocycles. The minimum Gasteiger partial charge on any atom is -0.493 e. The molecule has 4 aromatic rings. The summed E-state index contributed by atoms with van der Waals surface area (Å²) in [6.45, 7) is 2.80. The van der Waals surface area contributed by atoms with Gasteiger partial charge in [-0.25, -0.2) is 14.8 Å². The summed E-state index contributed by atoms with van der Waals surface area (Å²) in [6.07, 6.45) is 7.10. The predicted molar refractivity (Wildman–Crippen MR) is 127 cm³/mol. The summed E-state index contributed by atoms with van der Waals surface area (Å²) in [5.74, 6) is 1.24. The zero-order chi connectivity index (χ0) is 23.9. The zero-order valence-electron chi connectivity index (χ0n) is 18.7. The van der Waals surface area contributed by atoms with Crippen LogP contribution in [0, 0.1) is 11.3 Å². The highest BCUT2D eigenvalue weighted by Gasteiger charge is 2.23. The molecule has 5 heterocycles. The molecular formula is C23H22N10O2. The van der Waals surface area contributed by atoms with E-state index in [2.05, 4.69) is 35.9 Å². The molecule has 0 radical (unpaired) electrons. The van der Waals surface area contributed by atoms with E-state index < -0.39 is 5.69 Å². The Hall–Kier alpha value is -4.66. The summed E-state index contributed by atoms with van der Waals surface area (Å²) in [6, 6.07) is 8.01. The highest BCUT2D eigenvalue weighted by Crippen LogP contribution is 2.23. The lowest BCUT2D eigenvalue weighted by atomic mass is 10.2. The lowest BCUT2D eigenvalue weighted by Crippen LogP contribution is -2.47. The van der Waals surface area contributed by atoms with Crippen LogP contribution in [0.15, 0.2) is 40.4 Å². The third-order valence-corrected chi connectivity index (χ3v) is 6.17. The van der Waals surface area contributed by atoms with Gasteiger partial charge in [-0.3, -0.25) is 9.98 Å². The van der Waals surface area contributed by atoms with E-state index in [9.17, 15) is 15.2 Å². The summed E-state index contributed by atoms with van der Waals surface area (Å²) in [4.78, 5) is 34.8. The lowest BCUT2D eigenvalue weighted by Gasteiger charge is -2.36. The number of nitriles is 1. The van der Waals surface area contributed by atoms with Crippen LogP contribution in [0.1, 0.15) is 24.1 Å². The number of imidazole rings is 1. The van der Waals surface area contributed by atoms with Gasteiger partial charge in [0, 0.05) is 43.7 Å². The Kier molecular flexibility index (Phi) is 4.95. The van der Waals surface area contributed by atoms with E-state index in [-0.39, 0.29) is 11.6 Å². The van der Waals surface area contributed by atoms with Crippen molar-refractivity contribution in [1.82, 2.24) is 29.5 Å². The molecule has 0 unspecified atom stereocenters. The SMILES string of the molecule is N#Cc1cccnc1N1CCN(c2cc(=NC3CC3)n3nc/c(=C\c4[nH]c(=O)[nH]c4O)c3n2)CC1. The summed E-state index contributed by atoms with van der Waals surface area (Å²) >= 11 is 0. The van der Waals surface area contributed by atoms with Gasteiger partial charge in [0.1, 0.15) is 23.4 Å². The van der Waals surface area contributed by atoms with Crippen LogP contribution < -0.4 is 26.2 Å². The number of aromatic nitrogens is 6. The van der Waals surface area contributed by atoms with Gasteiger partial charge < -0.3 is 19.9 Å². The van der Waals surface area contributed by atoms with Gasteiger partial charge in [-0.2, -0.15) is 14.9 Å². The van der Waals surface area contributed by atoms with Crippen molar-refractivity contribution in [3.8, 4) is 11.9 Å². The molecule has 2 aliphatic rings. The molecule has 12 nitrogen and oxygen atoms in total. The molecule has 176 valence electrons. The Labute approximate surface area is 198 Å². The molecule has 4 aromatic heterocycles. The summed E-state index contributed by atoms with van der Waals surface area (Å²) in [5, 5.41) is 24.5. The van der Waals surface area contributed by atoms with Crippen molar-refractivity contribution in [2.45, 2.75) is 18.9 Å². The topological polar surface area (TPSA) is 155 Å². The van der Waals surface area contributed by atoms with Crippen LogP contribution in [-0.2, 0) is 0 Å². The second kappa shape index (κ2) is 8.28. The number of rotatable bonds is 4. The van der Waals surface area contributed by atoms with Crippen LogP contribution in [0.5, 0.6) is 5.88 Å². The van der Waals surface area contributed by atoms with Crippen molar-refractivity contribution in [2.24, 2.45) is 4.99 Å². The maximum Gasteiger partial charge on any atom is 0.326 e. The van der Waals surface area contributed by atoms with Crippen molar-refractivity contribution >= 4 is 23.4 Å². The summed E-state index contributed by atoms with van der Waals surface area (Å²) in [7, 11) is 0. The van der Waals surface area contributed by atoms with Crippen LogP contribution in [-0.4, -0.2) is 66.9 Å². The van der Waals surface area contributed by atoms with Gasteiger partial charge in [0.2, 0.25) is 5.88 Å². The molecule has 0 amide bonds. The first-order valence-corrected chi connectivity index (χ1v) is 11.4. The normalized spacial score (nSPS) is 17.3. The number of anilines is 2. The standard InChI is InChI=1S/C23H22N10O2/c24-12-14-2-1-5-25-20(14)32-8-6-31(7-9-32)18-11-19(27-16-3-4-16)33-21(29-18)15(13-26-33)10-17-22(34)30-23(35)28-17/h1-2,5,10-11,13,16,34H,3-4,6-9H2,(H2,28,30,35)/b15-10+,27-19?. The molecule has 0 bridgehead atoms. The first-order valence-electron chi connectivity index (χ1n) is 11.4. The van der Waals surface area contributed by atoms with Gasteiger partial charge in [-0.05, 0) is 31.1 Å². The van der Waals surface area contributed by atoms with Crippen molar-refractivity contribution < 1.29 is 5.11 Å². The third-order valence-electron chi connectivity index (χ3n) is 6.17. The van der Waals surface area contributed by atoms with Gasteiger partial charge >= 0.3 is 5.69 Å². The molecule has 3 N–H and O–H groups in total. The first-order chi connectivity index (χ1) is 17.1. The average Bonchev–Trinajstić information content (AvgIpc) is 3.51. The van der Waals surface area contributed by atoms with E-state index in [1.165, 1.54) is 0 Å². The summed E-state index contributed by atoms with van der Waals surface area (Å²) in [5.41, 5.74) is 1.64. The molecule has 0 spiro atoms. The first kappa shape index (κ1) is 20.9. The van der Waals surface area contributed by atoms with Crippen molar-refractivity contribution in [2.75, 3.05) is 36.0 Å². The Bertz CT molecular complexity index is 1630. The number of H-pyrrole nitrogens is 2. The molecule has 1 aliphatic heterocycles. The molecule has 6 rings (SSSR count). The van der Waals surface area contributed by atoms with Crippen LogP contribution in [0.3, 0.4) is 0 Å². The quantitative estimate of drug-likeness (QED) is 0.366. The van der Waals surface area contributed by atoms with E-state index in [1.54, 1.807) is 35.1 Å². The number of hydrogen-bond acceptors (Lipinski definition) is 9. The number of aromatic amines is 2. The molecule has 2 fully saturated rings. The monoisotopic (exact) mass is 470 g/mol. The second-order valence-corrected chi connectivity index (χ2v) is 8.61. The number of nitrogens with one attached hydrogen (secondary N) is 2. The largest absolute Gasteiger partial charge is 0.493 e. The van der Waals surface area contributed by atoms with Crippen molar-refractivity contribution in [3.05, 3.63) is 63.0 Å². The Morgan fingerprint density at radius 3 is 2.71 bits per heavy atom. The fraction of sp³-hybridized carbons (Fsp3) is 0.304. The van der Waals surface area contributed by atoms with Crippen molar-refractivity contribution in [3.63, 3.8) is 0 Å². The zero-order valence-corrected chi connectivity index (χ0v) is 18.7. The van der Waals surface area contributed by atoms with E-state index in [4.69, 9.17) is 9.98 Å². The molecule has 0 atom stereocenters. The van der Waals surface area contributed by atoms with E-state index in [1.807, 2.05) is 6.07 Å². The third kappa shape index (κ3) is 3.97. The van der Waals surface area contributed by atoms with Crippen molar-refractivity contribution in [1.29, 1.82) is 5.26 Å². The fourth-order valence-electron chi connectivity index (χ4n) is 4.23. The molecule has 1 saturated carbocycles. The Morgan fingerprint density at radius 1 is 1.20 bits per heavy atom.